The maximum atomic E-state index is 12.0. The van der Waals surface area contributed by atoms with E-state index in [0.717, 1.165) is 57.2 Å². The van der Waals surface area contributed by atoms with Gasteiger partial charge < -0.3 is 15.2 Å². The molecular weight excluding hydrogens is 635 g/mol. The summed E-state index contributed by atoms with van der Waals surface area (Å²) in [6.45, 7) is 19.1. The van der Waals surface area contributed by atoms with Crippen molar-refractivity contribution in [3.05, 3.63) is 50.5 Å². The largest absolute Gasteiger partial charge is 0.462 e. The number of nitrogens with zero attached hydrogens (tertiary/aromatic N) is 2. The third-order valence-electron chi connectivity index (χ3n) is 9.35. The number of nitrogens with two attached hydrogens (primary N) is 1. The van der Waals surface area contributed by atoms with Gasteiger partial charge in [-0.3, -0.25) is 0 Å². The van der Waals surface area contributed by atoms with Crippen LogP contribution in [0.1, 0.15) is 68.5 Å². The molecule has 4 aromatic rings. The van der Waals surface area contributed by atoms with E-state index in [9.17, 15) is 9.59 Å². The van der Waals surface area contributed by atoms with Crippen molar-refractivity contribution in [2.24, 2.45) is 0 Å². The molecule has 0 spiro atoms. The first-order valence-electron chi connectivity index (χ1n) is 16.2. The Labute approximate surface area is 277 Å². The number of fused-ring (bicyclic) bond motifs is 4. The Kier molecular flexibility index (Phi) is 9.94. The van der Waals surface area contributed by atoms with Gasteiger partial charge in [-0.2, -0.15) is 0 Å². The molecule has 4 aromatic heterocycles. The first kappa shape index (κ1) is 33.7. The third kappa shape index (κ3) is 7.36. The molecule has 2 unspecified atom stereocenters. The van der Waals surface area contributed by atoms with Crippen LogP contribution in [-0.4, -0.2) is 51.3 Å². The number of carbonyl (C=O) groups is 2. The van der Waals surface area contributed by atoms with Gasteiger partial charge in [-0.05, 0) is 92.8 Å². The molecule has 45 heavy (non-hydrogen) atoms. The smallest absolute Gasteiger partial charge is 0.350 e. The van der Waals surface area contributed by atoms with E-state index in [0.29, 0.717) is 28.7 Å². The number of aromatic nitrogens is 2. The van der Waals surface area contributed by atoms with Crippen LogP contribution in [0.5, 0.6) is 0 Å². The molecular formula is C34H47N3O4S2Si2. The van der Waals surface area contributed by atoms with Crippen molar-refractivity contribution in [3.8, 4) is 0 Å². The number of carbonyl (C=O) groups excluding carboxylic acids is 2. The zero-order valence-electron chi connectivity index (χ0n) is 28.0. The van der Waals surface area contributed by atoms with Crippen molar-refractivity contribution in [1.82, 2.24) is 9.97 Å². The molecule has 0 saturated carbocycles. The Morgan fingerprint density at radius 1 is 0.800 bits per heavy atom. The van der Waals surface area contributed by atoms with E-state index >= 15 is 0 Å². The zero-order chi connectivity index (χ0) is 32.7. The lowest BCUT2D eigenvalue weighted by Gasteiger charge is -2.33. The fraction of sp³-hybridized carbons (Fsp3) is 0.529. The number of ether oxygens (including phenoxy) is 2. The van der Waals surface area contributed by atoms with Crippen LogP contribution >= 0.6 is 22.7 Å². The Bertz CT molecular complexity index is 1740. The van der Waals surface area contributed by atoms with Crippen LogP contribution in [0.25, 0.3) is 20.4 Å². The zero-order valence-corrected chi connectivity index (χ0v) is 31.6. The van der Waals surface area contributed by atoms with E-state index in [1.807, 2.05) is 13.0 Å². The summed E-state index contributed by atoms with van der Waals surface area (Å²) in [6, 6.07) is 6.35. The number of hydrogen-bond acceptors (Lipinski definition) is 9. The first-order valence-corrected chi connectivity index (χ1v) is 25.0. The summed E-state index contributed by atoms with van der Waals surface area (Å²) < 4.78 is 10.2. The van der Waals surface area contributed by atoms with E-state index in [-0.39, 0.29) is 11.9 Å². The lowest BCUT2D eigenvalue weighted by atomic mass is 9.95. The van der Waals surface area contributed by atoms with Crippen molar-refractivity contribution in [3.63, 3.8) is 0 Å². The summed E-state index contributed by atoms with van der Waals surface area (Å²) in [5, 5.41) is 2.00. The molecule has 0 radical (unpaired) electrons. The minimum atomic E-state index is -1.16. The highest BCUT2D eigenvalue weighted by Gasteiger charge is 2.32. The standard InChI is InChI=1S/C17H24N2O2SSi.C17H23NO2SSi/c1-5-21-17(20)15-14(18)12-9-10-8-11(23(2,3)4)6-7-13(10)19-16(12)22-15;1-5-20-17(19)15-10-12-8-11-9-13(22(2,3)4)6-7-14(11)18-16(12)21-15/h9,11H,5-8,18H2,1-4H3;8,10,13H,5-7,9H2,1-4H3. The van der Waals surface area contributed by atoms with Gasteiger partial charge in [0.1, 0.15) is 19.4 Å². The number of aryl methyl sites for hydroxylation is 2. The van der Waals surface area contributed by atoms with Crippen LogP contribution in [0.15, 0.2) is 18.2 Å². The quantitative estimate of drug-likeness (QED) is 0.160. The molecule has 2 aliphatic rings. The van der Waals surface area contributed by atoms with Gasteiger partial charge in [0, 0.05) is 38.3 Å². The number of thiophene rings is 2. The fourth-order valence-corrected chi connectivity index (χ4v) is 12.0. The lowest BCUT2D eigenvalue weighted by Crippen LogP contribution is -2.32. The Morgan fingerprint density at radius 2 is 1.33 bits per heavy atom. The van der Waals surface area contributed by atoms with Gasteiger partial charge in [-0.25, -0.2) is 19.6 Å². The van der Waals surface area contributed by atoms with Crippen LogP contribution in [0.4, 0.5) is 5.69 Å². The van der Waals surface area contributed by atoms with Crippen molar-refractivity contribution < 1.29 is 19.1 Å². The van der Waals surface area contributed by atoms with Gasteiger partial charge in [0.05, 0.1) is 18.9 Å². The summed E-state index contributed by atoms with van der Waals surface area (Å²) in [7, 11) is -2.27. The molecule has 11 heteroatoms. The Hall–Kier alpha value is -2.61. The number of anilines is 1. The molecule has 0 saturated heterocycles. The first-order chi connectivity index (χ1) is 21.2. The van der Waals surface area contributed by atoms with Gasteiger partial charge in [-0.1, -0.05) is 39.3 Å². The number of esters is 2. The van der Waals surface area contributed by atoms with E-state index in [1.165, 1.54) is 58.0 Å². The van der Waals surface area contributed by atoms with Gasteiger partial charge in [-0.15, -0.1) is 22.7 Å². The second-order valence-corrected chi connectivity index (χ2v) is 27.6. The molecule has 7 nitrogen and oxygen atoms in total. The normalized spacial score (nSPS) is 18.1. The van der Waals surface area contributed by atoms with Crippen LogP contribution in [-0.2, 0) is 35.2 Å². The second kappa shape index (κ2) is 13.3. The molecule has 4 heterocycles. The predicted octanol–water partition coefficient (Wildman–Crippen LogP) is 8.92. The minimum absolute atomic E-state index is 0.233. The van der Waals surface area contributed by atoms with Gasteiger partial charge in [0.15, 0.2) is 0 Å². The maximum Gasteiger partial charge on any atom is 0.350 e. The number of rotatable bonds is 6. The average molecular weight is 682 g/mol. The number of hydrogen-bond donors (Lipinski definition) is 1. The van der Waals surface area contributed by atoms with Crippen molar-refractivity contribution in [2.45, 2.75) is 103 Å². The molecule has 0 bridgehead atoms. The van der Waals surface area contributed by atoms with Gasteiger partial charge in [0.25, 0.3) is 0 Å². The topological polar surface area (TPSA) is 104 Å². The molecule has 2 atom stereocenters. The van der Waals surface area contributed by atoms with Crippen LogP contribution in [0.3, 0.4) is 0 Å². The molecule has 2 N–H and O–H groups in total. The van der Waals surface area contributed by atoms with E-state index in [4.69, 9.17) is 25.2 Å². The van der Waals surface area contributed by atoms with E-state index in [1.54, 1.807) is 6.92 Å². The molecule has 2 aliphatic carbocycles. The van der Waals surface area contributed by atoms with Crippen LogP contribution < -0.4 is 5.73 Å². The second-order valence-electron chi connectivity index (χ2n) is 14.4. The molecule has 0 aromatic carbocycles. The highest BCUT2D eigenvalue weighted by atomic mass is 32.1. The average Bonchev–Trinajstić information content (AvgIpc) is 3.54. The van der Waals surface area contributed by atoms with Crippen LogP contribution in [0, 0.1) is 0 Å². The molecule has 242 valence electrons. The van der Waals surface area contributed by atoms with Gasteiger partial charge in [0.2, 0.25) is 0 Å². The Balaban J connectivity index is 0.000000178. The number of pyridine rings is 2. The summed E-state index contributed by atoms with van der Waals surface area (Å²) in [4.78, 5) is 36.5. The van der Waals surface area contributed by atoms with Crippen molar-refractivity contribution >= 4 is 76.9 Å². The van der Waals surface area contributed by atoms with Crippen molar-refractivity contribution in [1.29, 1.82) is 0 Å². The predicted molar refractivity (Wildman–Crippen MR) is 194 cm³/mol. The summed E-state index contributed by atoms with van der Waals surface area (Å²) in [5.41, 5.74) is 13.5. The monoisotopic (exact) mass is 681 g/mol. The number of nitrogen functional groups attached to an aromatic ring is 1. The highest BCUT2D eigenvalue weighted by Crippen LogP contribution is 2.41. The third-order valence-corrected chi connectivity index (χ3v) is 17.4. The minimum Gasteiger partial charge on any atom is -0.462 e. The highest BCUT2D eigenvalue weighted by molar-refractivity contribution is 7.21. The lowest BCUT2D eigenvalue weighted by molar-refractivity contribution is 0.0523. The fourth-order valence-electron chi connectivity index (χ4n) is 6.44. The summed E-state index contributed by atoms with van der Waals surface area (Å²) >= 11 is 2.80. The Morgan fingerprint density at radius 3 is 1.89 bits per heavy atom. The molecule has 0 aliphatic heterocycles. The van der Waals surface area contributed by atoms with E-state index < -0.39 is 16.1 Å². The summed E-state index contributed by atoms with van der Waals surface area (Å²) in [6.07, 6.45) is 6.85. The molecule has 0 fully saturated rings. The maximum absolute atomic E-state index is 12.0. The SMILES string of the molecule is CCOC(=O)c1cc2cc3c(nc2s1)CCC([Si](C)(C)C)C3.CCOC(=O)c1sc2nc3c(cc2c1N)CC([Si](C)(C)C)CC3. The molecule has 6 rings (SSSR count). The van der Waals surface area contributed by atoms with Crippen molar-refractivity contribution in [2.75, 3.05) is 18.9 Å². The molecule has 0 amide bonds. The van der Waals surface area contributed by atoms with E-state index in [2.05, 4.69) is 51.4 Å². The summed E-state index contributed by atoms with van der Waals surface area (Å²) in [5.74, 6) is -0.575. The van der Waals surface area contributed by atoms with Crippen LogP contribution in [0.2, 0.25) is 50.4 Å². The van der Waals surface area contributed by atoms with Gasteiger partial charge >= 0.3 is 11.9 Å².